The van der Waals surface area contributed by atoms with E-state index in [1.54, 1.807) is 55.5 Å². The lowest BCUT2D eigenvalue weighted by Gasteiger charge is -2.03. The van der Waals surface area contributed by atoms with Gasteiger partial charge in [-0.15, -0.1) is 0 Å². The van der Waals surface area contributed by atoms with Gasteiger partial charge in [-0.05, 0) is 103 Å². The molecule has 0 aliphatic rings. The van der Waals surface area contributed by atoms with E-state index < -0.39 is 38.2 Å². The summed E-state index contributed by atoms with van der Waals surface area (Å²) in [5.41, 5.74) is 0. The quantitative estimate of drug-likeness (QED) is 0.134. The number of hydrogen-bond donors (Lipinski definition) is 9. The van der Waals surface area contributed by atoms with Crippen molar-refractivity contribution in [1.29, 1.82) is 0 Å². The standard InChI is InChI=1S/C5H11NO2.C4H11NO.C4H10O2.C4H10O.C4H8O.C4H8.C3H9N.C3H8O2S.C3H6O.C2H7NO2S.4CH4/c1-4(7)3-5(8)6-2;1-4(6)3-5-2;1-3(5)4(2)6;2*1-3-4(2)5;2*1-3-4-2;1-3-6(2,4)5;1-3(2)4;1-3-6(2,4)5;;;;/h4,7H,3H2,1-2H3,(H,6,8);4-6H,3H2,1-2H3;3-6H,1-2H3;4-5H,3H2,1-2H3;3H2,1-2H3;3-4H,1-2H3;4H,3H2,1-2H3;3H2,1-2H3;1-2H3;3H,1-2H3;4*1H4. The number of ketones is 2. The summed E-state index contributed by atoms with van der Waals surface area (Å²) in [6, 6.07) is 0. The van der Waals surface area contributed by atoms with Crippen LogP contribution >= 0.6 is 0 Å². The molecule has 16 nitrogen and oxygen atoms in total. The van der Waals surface area contributed by atoms with Crippen molar-refractivity contribution in [2.24, 2.45) is 0 Å². The summed E-state index contributed by atoms with van der Waals surface area (Å²) >= 11 is 0. The topological polar surface area (TPSA) is 269 Å². The lowest BCUT2D eigenvalue weighted by Crippen LogP contribution is -2.21. The lowest BCUT2D eigenvalue weighted by atomic mass is 10.3. The van der Waals surface area contributed by atoms with E-state index in [9.17, 15) is 31.2 Å². The van der Waals surface area contributed by atoms with Crippen molar-refractivity contribution in [3.05, 3.63) is 12.2 Å². The van der Waals surface area contributed by atoms with Gasteiger partial charge in [0.25, 0.3) is 0 Å². The first-order chi connectivity index (χ1) is 24.3. The first-order valence-electron chi connectivity index (χ1n) is 17.8. The molecule has 0 saturated heterocycles. The second-order valence-corrected chi connectivity index (χ2v) is 15.8. The Labute approximate surface area is 361 Å². The summed E-state index contributed by atoms with van der Waals surface area (Å²) in [5.74, 6) is 0.539. The van der Waals surface area contributed by atoms with Crippen molar-refractivity contribution in [3.63, 3.8) is 0 Å². The summed E-state index contributed by atoms with van der Waals surface area (Å²) in [4.78, 5) is 29.6. The normalized spacial score (nSPS) is 11.3. The van der Waals surface area contributed by atoms with Crippen molar-refractivity contribution in [2.45, 2.75) is 176 Å². The Hall–Kier alpha value is -1.87. The average molecular weight is 897 g/mol. The highest BCUT2D eigenvalue weighted by Crippen LogP contribution is 1.86. The van der Waals surface area contributed by atoms with Crippen molar-refractivity contribution >= 4 is 37.3 Å². The van der Waals surface area contributed by atoms with Crippen LogP contribution in [0.3, 0.4) is 0 Å². The van der Waals surface area contributed by atoms with Gasteiger partial charge in [-0.1, -0.05) is 69.6 Å². The molecule has 0 heterocycles. The Morgan fingerprint density at radius 2 is 0.862 bits per heavy atom. The van der Waals surface area contributed by atoms with Gasteiger partial charge in [0.1, 0.15) is 21.4 Å². The maximum atomic E-state index is 10.4. The number of sulfone groups is 1. The molecular formula is C40H104N4O12S2. The second-order valence-electron chi connectivity index (χ2n) is 11.4. The molecule has 0 bridgehead atoms. The van der Waals surface area contributed by atoms with Crippen LogP contribution in [-0.2, 0) is 34.2 Å². The molecular weight excluding hydrogens is 793 g/mol. The van der Waals surface area contributed by atoms with Crippen LogP contribution in [0.4, 0.5) is 0 Å². The average Bonchev–Trinajstić information content (AvgIpc) is 3.05. The molecule has 0 saturated carbocycles. The van der Waals surface area contributed by atoms with Gasteiger partial charge in [0.05, 0.1) is 43.2 Å². The summed E-state index contributed by atoms with van der Waals surface area (Å²) in [7, 11) is 1.09. The number of aliphatic hydroxyl groups is 5. The first-order valence-corrected chi connectivity index (χ1v) is 21.8. The predicted octanol–water partition coefficient (Wildman–Crippen LogP) is 4.76. The summed E-state index contributed by atoms with van der Waals surface area (Å²) in [6.45, 7) is 26.1. The first kappa shape index (κ1) is 96.1. The van der Waals surface area contributed by atoms with Crippen LogP contribution in [0.5, 0.6) is 0 Å². The van der Waals surface area contributed by atoms with Crippen LogP contribution in [0.15, 0.2) is 12.2 Å². The number of likely N-dealkylation sites (N-methyl/N-ethyl adjacent to an activating group) is 1. The lowest BCUT2D eigenvalue weighted by molar-refractivity contribution is -0.122. The number of allylic oxidation sites excluding steroid dienone is 2. The van der Waals surface area contributed by atoms with E-state index >= 15 is 0 Å². The fourth-order valence-electron chi connectivity index (χ4n) is 0.666. The molecule has 0 aliphatic carbocycles. The van der Waals surface area contributed by atoms with Gasteiger partial charge < -0.3 is 51.1 Å². The van der Waals surface area contributed by atoms with Gasteiger partial charge in [-0.25, -0.2) is 21.6 Å². The minimum atomic E-state index is -2.91. The van der Waals surface area contributed by atoms with Crippen molar-refractivity contribution in [1.82, 2.24) is 20.7 Å². The van der Waals surface area contributed by atoms with E-state index in [4.69, 9.17) is 25.5 Å². The third-order valence-electron chi connectivity index (χ3n) is 4.63. The van der Waals surface area contributed by atoms with Crippen molar-refractivity contribution < 1.29 is 56.8 Å². The highest BCUT2D eigenvalue weighted by molar-refractivity contribution is 7.90. The van der Waals surface area contributed by atoms with Gasteiger partial charge in [-0.3, -0.25) is 4.79 Å². The largest absolute Gasteiger partial charge is 0.393 e. The van der Waals surface area contributed by atoms with E-state index in [2.05, 4.69) is 27.6 Å². The van der Waals surface area contributed by atoms with E-state index in [0.717, 1.165) is 19.2 Å². The third-order valence-corrected chi connectivity index (χ3v) is 6.42. The van der Waals surface area contributed by atoms with Gasteiger partial charge in [0, 0.05) is 32.0 Å². The number of Topliss-reactive ketones (excluding diaryl/α,β-unsaturated/α-hetero) is 2. The summed E-state index contributed by atoms with van der Waals surface area (Å²) in [5, 5.41) is 50.3. The number of hydrogen-bond acceptors (Lipinski definition) is 14. The van der Waals surface area contributed by atoms with E-state index in [-0.39, 0.29) is 71.6 Å². The molecule has 0 rings (SSSR count). The molecule has 5 atom stereocenters. The molecule has 58 heavy (non-hydrogen) atoms. The van der Waals surface area contributed by atoms with Crippen LogP contribution in [0.25, 0.3) is 0 Å². The molecule has 9 N–H and O–H groups in total. The number of nitrogens with one attached hydrogen (secondary N) is 4. The Morgan fingerprint density at radius 3 is 0.879 bits per heavy atom. The van der Waals surface area contributed by atoms with Crippen LogP contribution in [0, 0.1) is 0 Å². The molecule has 18 heteroatoms. The third kappa shape index (κ3) is 286. The van der Waals surface area contributed by atoms with Gasteiger partial charge in [-0.2, -0.15) is 0 Å². The number of aliphatic hydroxyl groups excluding tert-OH is 5. The van der Waals surface area contributed by atoms with Gasteiger partial charge in [0.15, 0.2) is 0 Å². The number of rotatable bonds is 10. The fourth-order valence-corrected chi connectivity index (χ4v) is 0.666. The Bertz CT molecular complexity index is 928. The molecule has 0 fully saturated rings. The number of carbonyl (C=O) groups is 3. The van der Waals surface area contributed by atoms with E-state index in [1.165, 1.54) is 27.2 Å². The Balaban J connectivity index is -0.0000000309. The van der Waals surface area contributed by atoms with E-state index in [0.29, 0.717) is 13.0 Å². The molecule has 5 unspecified atom stereocenters. The molecule has 0 radical (unpaired) electrons. The molecule has 0 aromatic rings. The minimum Gasteiger partial charge on any atom is -0.393 e. The maximum absolute atomic E-state index is 10.4. The van der Waals surface area contributed by atoms with Gasteiger partial charge >= 0.3 is 0 Å². The molecule has 0 aromatic carbocycles. The Morgan fingerprint density at radius 1 is 0.621 bits per heavy atom. The maximum Gasteiger partial charge on any atom is 0.222 e. The molecule has 0 aliphatic heterocycles. The number of amides is 1. The van der Waals surface area contributed by atoms with Crippen molar-refractivity contribution in [2.75, 3.05) is 59.5 Å². The van der Waals surface area contributed by atoms with Crippen molar-refractivity contribution in [3.8, 4) is 0 Å². The fraction of sp³-hybridized carbons (Fsp3) is 0.875. The van der Waals surface area contributed by atoms with Crippen LogP contribution in [0.2, 0.25) is 0 Å². The number of sulfonamides is 1. The minimum absolute atomic E-state index is 0. The molecule has 0 spiro atoms. The molecule has 0 aromatic heterocycles. The SMILES string of the molecule is C.C.C.C.CC(C)=O.CC(O)C(C)O.CC=CC.CCC(C)=O.CCC(C)O.CCNC.CCS(C)(=O)=O.CNC(=O)CC(C)O.CNCC(C)O.CNS(C)(=O)=O. The number of carbonyl (C=O) groups excluding carboxylic acids is 3. The zero-order chi connectivity index (χ0) is 46.1. The predicted molar refractivity (Wildman–Crippen MR) is 255 cm³/mol. The van der Waals surface area contributed by atoms with Crippen LogP contribution < -0.4 is 20.7 Å². The highest BCUT2D eigenvalue weighted by atomic mass is 32.2. The molecule has 368 valence electrons. The summed E-state index contributed by atoms with van der Waals surface area (Å²) in [6.07, 6.45) is 5.99. The van der Waals surface area contributed by atoms with E-state index in [1.807, 2.05) is 53.9 Å². The highest BCUT2D eigenvalue weighted by Gasteiger charge is 2.01. The van der Waals surface area contributed by atoms with Gasteiger partial charge in [0.2, 0.25) is 15.9 Å². The molecule has 1 amide bonds. The summed E-state index contributed by atoms with van der Waals surface area (Å²) < 4.78 is 41.9. The monoisotopic (exact) mass is 897 g/mol. The Kier molecular flexibility index (Phi) is 126. The van der Waals surface area contributed by atoms with Crippen LogP contribution in [-0.4, -0.2) is 150 Å². The zero-order valence-corrected chi connectivity index (χ0v) is 39.3. The smallest absolute Gasteiger partial charge is 0.222 e. The van der Waals surface area contributed by atoms with Crippen LogP contribution in [0.1, 0.15) is 146 Å². The second kappa shape index (κ2) is 75.9. The zero-order valence-electron chi connectivity index (χ0n) is 37.7.